The zero-order valence-corrected chi connectivity index (χ0v) is 12.0. The highest BCUT2D eigenvalue weighted by Crippen LogP contribution is 2.14. The molecule has 3 N–H and O–H groups in total. The van der Waals surface area contributed by atoms with Gasteiger partial charge in [0.25, 0.3) is 0 Å². The zero-order valence-electron chi connectivity index (χ0n) is 12.0. The lowest BCUT2D eigenvalue weighted by Gasteiger charge is -2.24. The zero-order chi connectivity index (χ0) is 13.3. The summed E-state index contributed by atoms with van der Waals surface area (Å²) in [6.45, 7) is 9.15. The molecular formula is C14H30N2O. The van der Waals surface area contributed by atoms with Crippen molar-refractivity contribution in [1.29, 1.82) is 0 Å². The third-order valence-corrected chi connectivity index (χ3v) is 3.38. The second-order valence-corrected chi connectivity index (χ2v) is 5.18. The minimum atomic E-state index is 0.175. The van der Waals surface area contributed by atoms with E-state index in [0.29, 0.717) is 12.5 Å². The maximum Gasteiger partial charge on any atom is 0.223 e. The van der Waals surface area contributed by atoms with E-state index in [2.05, 4.69) is 33.0 Å². The Labute approximate surface area is 107 Å². The van der Waals surface area contributed by atoms with Crippen molar-refractivity contribution in [2.45, 2.75) is 65.8 Å². The van der Waals surface area contributed by atoms with Gasteiger partial charge < -0.3 is 11.1 Å². The minimum Gasteiger partial charge on any atom is -0.353 e. The van der Waals surface area contributed by atoms with Crippen LogP contribution >= 0.6 is 0 Å². The van der Waals surface area contributed by atoms with E-state index in [1.54, 1.807) is 0 Å². The molecule has 17 heavy (non-hydrogen) atoms. The van der Waals surface area contributed by atoms with E-state index >= 15 is 0 Å². The molecule has 102 valence electrons. The predicted octanol–water partition coefficient (Wildman–Crippen LogP) is 2.69. The van der Waals surface area contributed by atoms with E-state index in [-0.39, 0.29) is 17.9 Å². The molecule has 0 saturated carbocycles. The molecule has 0 aromatic carbocycles. The Bertz CT molecular complexity index is 204. The van der Waals surface area contributed by atoms with Gasteiger partial charge in [0.2, 0.25) is 5.91 Å². The number of carbonyl (C=O) groups excluding carboxylic acids is 1. The van der Waals surface area contributed by atoms with Gasteiger partial charge in [0.05, 0.1) is 0 Å². The van der Waals surface area contributed by atoms with Gasteiger partial charge in [-0.05, 0) is 31.7 Å². The summed E-state index contributed by atoms with van der Waals surface area (Å²) in [6.07, 6.45) is 5.09. The molecular weight excluding hydrogens is 212 g/mol. The van der Waals surface area contributed by atoms with Crippen LogP contribution in [-0.4, -0.2) is 18.5 Å². The van der Waals surface area contributed by atoms with Crippen LogP contribution in [0.25, 0.3) is 0 Å². The maximum absolute atomic E-state index is 12.1. The van der Waals surface area contributed by atoms with Gasteiger partial charge in [-0.1, -0.05) is 40.5 Å². The molecule has 0 heterocycles. The minimum absolute atomic E-state index is 0.175. The fourth-order valence-electron chi connectivity index (χ4n) is 2.02. The Morgan fingerprint density at radius 1 is 1.24 bits per heavy atom. The van der Waals surface area contributed by atoms with E-state index in [9.17, 15) is 4.79 Å². The van der Waals surface area contributed by atoms with Gasteiger partial charge in [-0.3, -0.25) is 4.79 Å². The fourth-order valence-corrected chi connectivity index (χ4v) is 2.02. The Hall–Kier alpha value is -0.570. The Kier molecular flexibility index (Phi) is 9.14. The molecule has 0 aromatic heterocycles. The highest BCUT2D eigenvalue weighted by atomic mass is 16.1. The second kappa shape index (κ2) is 9.46. The van der Waals surface area contributed by atoms with Crippen LogP contribution in [0.4, 0.5) is 0 Å². The van der Waals surface area contributed by atoms with Gasteiger partial charge in [0, 0.05) is 12.0 Å². The molecule has 0 aromatic rings. The van der Waals surface area contributed by atoms with Crippen LogP contribution in [0.5, 0.6) is 0 Å². The van der Waals surface area contributed by atoms with Crippen molar-refractivity contribution in [3.05, 3.63) is 0 Å². The van der Waals surface area contributed by atoms with Gasteiger partial charge >= 0.3 is 0 Å². The number of hydrogen-bond acceptors (Lipinski definition) is 2. The molecule has 0 bridgehead atoms. The lowest BCUT2D eigenvalue weighted by atomic mass is 9.95. The first-order valence-corrected chi connectivity index (χ1v) is 7.07. The third-order valence-electron chi connectivity index (χ3n) is 3.38. The molecule has 0 radical (unpaired) electrons. The first-order chi connectivity index (χ1) is 8.06. The van der Waals surface area contributed by atoms with Crippen LogP contribution in [0.1, 0.15) is 59.8 Å². The van der Waals surface area contributed by atoms with E-state index in [1.807, 2.05) is 0 Å². The molecule has 0 spiro atoms. The van der Waals surface area contributed by atoms with Crippen molar-refractivity contribution in [3.63, 3.8) is 0 Å². The molecule has 0 aliphatic heterocycles. The summed E-state index contributed by atoms with van der Waals surface area (Å²) >= 11 is 0. The third kappa shape index (κ3) is 6.67. The Balaban J connectivity index is 4.25. The van der Waals surface area contributed by atoms with Crippen molar-refractivity contribution >= 4 is 5.91 Å². The molecule has 1 amide bonds. The molecule has 0 aliphatic carbocycles. The van der Waals surface area contributed by atoms with E-state index < -0.39 is 0 Å². The number of unbranched alkanes of at least 4 members (excludes halogenated alkanes) is 1. The van der Waals surface area contributed by atoms with Crippen molar-refractivity contribution in [2.24, 2.45) is 17.6 Å². The normalized spacial score (nSPS) is 14.7. The fraction of sp³-hybridized carbons (Fsp3) is 0.929. The molecule has 0 fully saturated rings. The molecule has 3 heteroatoms. The molecule has 3 nitrogen and oxygen atoms in total. The monoisotopic (exact) mass is 242 g/mol. The first kappa shape index (κ1) is 16.4. The molecule has 0 saturated heterocycles. The van der Waals surface area contributed by atoms with E-state index in [4.69, 9.17) is 5.73 Å². The van der Waals surface area contributed by atoms with Crippen LogP contribution in [0, 0.1) is 11.8 Å². The van der Waals surface area contributed by atoms with Gasteiger partial charge in [0.15, 0.2) is 0 Å². The molecule has 2 atom stereocenters. The van der Waals surface area contributed by atoms with Crippen LogP contribution in [0.2, 0.25) is 0 Å². The standard InChI is InChI=1S/C14H30N2O/c1-5-7-8-12(6-2)14(17)16-13(9-10-15)11(3)4/h11-13H,5-10,15H2,1-4H3,(H,16,17). The predicted molar refractivity (Wildman–Crippen MR) is 73.7 cm³/mol. The van der Waals surface area contributed by atoms with Crippen LogP contribution in [0.3, 0.4) is 0 Å². The van der Waals surface area contributed by atoms with Crippen molar-refractivity contribution in [2.75, 3.05) is 6.54 Å². The molecule has 2 unspecified atom stereocenters. The lowest BCUT2D eigenvalue weighted by molar-refractivity contribution is -0.126. The van der Waals surface area contributed by atoms with Gasteiger partial charge in [-0.15, -0.1) is 0 Å². The summed E-state index contributed by atoms with van der Waals surface area (Å²) in [7, 11) is 0. The van der Waals surface area contributed by atoms with E-state index in [0.717, 1.165) is 32.1 Å². The Morgan fingerprint density at radius 2 is 1.88 bits per heavy atom. The quantitative estimate of drug-likeness (QED) is 0.653. The second-order valence-electron chi connectivity index (χ2n) is 5.18. The van der Waals surface area contributed by atoms with Crippen LogP contribution < -0.4 is 11.1 Å². The van der Waals surface area contributed by atoms with Crippen molar-refractivity contribution in [1.82, 2.24) is 5.32 Å². The number of carbonyl (C=O) groups is 1. The number of hydrogen-bond donors (Lipinski definition) is 2. The topological polar surface area (TPSA) is 55.1 Å². The highest BCUT2D eigenvalue weighted by Gasteiger charge is 2.20. The summed E-state index contributed by atoms with van der Waals surface area (Å²) < 4.78 is 0. The maximum atomic E-state index is 12.1. The molecule has 0 aliphatic rings. The highest BCUT2D eigenvalue weighted by molar-refractivity contribution is 5.78. The number of nitrogens with one attached hydrogen (secondary N) is 1. The summed E-state index contributed by atoms with van der Waals surface area (Å²) in [6, 6.07) is 0.225. The molecule has 0 rings (SSSR count). The first-order valence-electron chi connectivity index (χ1n) is 7.07. The summed E-state index contributed by atoms with van der Waals surface area (Å²) in [5.41, 5.74) is 5.58. The Morgan fingerprint density at radius 3 is 2.29 bits per heavy atom. The number of amides is 1. The van der Waals surface area contributed by atoms with Crippen molar-refractivity contribution < 1.29 is 4.79 Å². The number of nitrogens with two attached hydrogens (primary N) is 1. The smallest absolute Gasteiger partial charge is 0.223 e. The van der Waals surface area contributed by atoms with Gasteiger partial charge in [-0.2, -0.15) is 0 Å². The average molecular weight is 242 g/mol. The summed E-state index contributed by atoms with van der Waals surface area (Å²) in [5, 5.41) is 3.16. The van der Waals surface area contributed by atoms with Gasteiger partial charge in [-0.25, -0.2) is 0 Å². The van der Waals surface area contributed by atoms with Gasteiger partial charge in [0.1, 0.15) is 0 Å². The summed E-state index contributed by atoms with van der Waals surface area (Å²) in [5.74, 6) is 0.841. The van der Waals surface area contributed by atoms with Crippen LogP contribution in [0.15, 0.2) is 0 Å². The summed E-state index contributed by atoms with van der Waals surface area (Å²) in [4.78, 5) is 12.1. The largest absolute Gasteiger partial charge is 0.353 e. The van der Waals surface area contributed by atoms with Crippen LogP contribution in [-0.2, 0) is 4.79 Å². The SMILES string of the molecule is CCCCC(CC)C(=O)NC(CCN)C(C)C. The van der Waals surface area contributed by atoms with Crippen molar-refractivity contribution in [3.8, 4) is 0 Å². The lowest BCUT2D eigenvalue weighted by Crippen LogP contribution is -2.42. The van der Waals surface area contributed by atoms with E-state index in [1.165, 1.54) is 0 Å². The number of rotatable bonds is 9. The average Bonchev–Trinajstić information content (AvgIpc) is 2.29.